The Labute approximate surface area is 240 Å². The van der Waals surface area contributed by atoms with Crippen molar-refractivity contribution in [2.45, 2.75) is 19.9 Å². The Hall–Kier alpha value is -5.02. The topological polar surface area (TPSA) is 29.1 Å². The van der Waals surface area contributed by atoms with E-state index in [9.17, 15) is 4.79 Å². The lowest BCUT2D eigenvalue weighted by atomic mass is 9.77. The van der Waals surface area contributed by atoms with E-state index in [4.69, 9.17) is 0 Å². The van der Waals surface area contributed by atoms with Crippen molar-refractivity contribution in [3.8, 4) is 44.5 Å². The van der Waals surface area contributed by atoms with Crippen LogP contribution in [0.2, 0.25) is 0 Å². The van der Waals surface area contributed by atoms with E-state index >= 15 is 4.39 Å². The third-order valence-electron chi connectivity index (χ3n) is 7.32. The van der Waals surface area contributed by atoms with E-state index in [2.05, 4.69) is 29.6 Å². The number of benzene rings is 6. The first-order valence-corrected chi connectivity index (χ1v) is 13.9. The van der Waals surface area contributed by atoms with Crippen LogP contribution in [0.5, 0.6) is 0 Å². The molecule has 0 spiro atoms. The van der Waals surface area contributed by atoms with Gasteiger partial charge in [-0.05, 0) is 64.9 Å². The zero-order valence-electron chi connectivity index (χ0n) is 23.1. The highest BCUT2D eigenvalue weighted by Gasteiger charge is 2.28. The third kappa shape index (κ3) is 4.92. The van der Waals surface area contributed by atoms with Crippen molar-refractivity contribution in [1.82, 2.24) is 5.32 Å². The number of nitrogens with one attached hydrogen (secondary N) is 1. The number of carbonyl (C=O) groups is 1. The van der Waals surface area contributed by atoms with Crippen LogP contribution in [0.4, 0.5) is 4.39 Å². The molecule has 0 aliphatic carbocycles. The molecular formula is C38H30FNO. The lowest BCUT2D eigenvalue weighted by Gasteiger charge is -2.26. The minimum Gasteiger partial charge on any atom is -0.350 e. The van der Waals surface area contributed by atoms with Gasteiger partial charge in [-0.2, -0.15) is 0 Å². The van der Waals surface area contributed by atoms with E-state index < -0.39 is 0 Å². The van der Waals surface area contributed by atoms with Crippen molar-refractivity contribution in [3.63, 3.8) is 0 Å². The molecule has 1 N–H and O–H groups in total. The van der Waals surface area contributed by atoms with Crippen molar-refractivity contribution in [1.29, 1.82) is 0 Å². The predicted octanol–water partition coefficient (Wildman–Crippen LogP) is 9.79. The van der Waals surface area contributed by atoms with Gasteiger partial charge in [0, 0.05) is 27.9 Å². The molecule has 0 radical (unpaired) electrons. The molecule has 0 saturated heterocycles. The molecule has 0 fully saturated rings. The minimum absolute atomic E-state index is 0.0754. The van der Waals surface area contributed by atoms with Gasteiger partial charge in [-0.25, -0.2) is 4.39 Å². The Morgan fingerprint density at radius 1 is 0.512 bits per heavy atom. The summed E-state index contributed by atoms with van der Waals surface area (Å²) in [4.78, 5) is 13.8. The summed E-state index contributed by atoms with van der Waals surface area (Å²) in [5.74, 6) is -0.596. The van der Waals surface area contributed by atoms with Gasteiger partial charge in [-0.1, -0.05) is 121 Å². The highest BCUT2D eigenvalue weighted by Crippen LogP contribution is 2.52. The maximum atomic E-state index is 16.4. The van der Waals surface area contributed by atoms with Crippen LogP contribution in [0.1, 0.15) is 24.2 Å². The fourth-order valence-electron chi connectivity index (χ4n) is 5.68. The fourth-order valence-corrected chi connectivity index (χ4v) is 5.68. The second-order valence-corrected chi connectivity index (χ2v) is 10.4. The Morgan fingerprint density at radius 3 is 1.27 bits per heavy atom. The van der Waals surface area contributed by atoms with Gasteiger partial charge in [0.25, 0.3) is 5.91 Å². The summed E-state index contributed by atoms with van der Waals surface area (Å²) in [6, 6.07) is 43.2. The van der Waals surface area contributed by atoms with Gasteiger partial charge in [0.2, 0.25) is 0 Å². The molecule has 0 heterocycles. The summed E-state index contributed by atoms with van der Waals surface area (Å²) in [6.45, 7) is 3.86. The first-order valence-electron chi connectivity index (χ1n) is 13.9. The molecule has 3 heteroatoms. The monoisotopic (exact) mass is 535 g/mol. The minimum atomic E-state index is -0.367. The lowest BCUT2D eigenvalue weighted by Crippen LogP contribution is -2.30. The second-order valence-electron chi connectivity index (χ2n) is 10.4. The van der Waals surface area contributed by atoms with Crippen molar-refractivity contribution < 1.29 is 9.18 Å². The Balaban J connectivity index is 1.94. The van der Waals surface area contributed by atoms with E-state index in [-0.39, 0.29) is 17.8 Å². The SMILES string of the molecule is CC(C)NC(=O)c1ccc(F)c2c(-c3ccccc3)c(-c3ccccc3)c(-c3ccccc3)c(-c3ccccc3)c12. The number of halogens is 1. The largest absolute Gasteiger partial charge is 0.350 e. The molecule has 0 aromatic heterocycles. The molecule has 0 aliphatic heterocycles. The summed E-state index contributed by atoms with van der Waals surface area (Å²) in [5.41, 5.74) is 7.69. The Kier molecular flexibility index (Phi) is 7.18. The summed E-state index contributed by atoms with van der Waals surface area (Å²) in [7, 11) is 0. The van der Waals surface area contributed by atoms with Gasteiger partial charge < -0.3 is 5.32 Å². The molecule has 6 rings (SSSR count). The van der Waals surface area contributed by atoms with Gasteiger partial charge in [0.15, 0.2) is 0 Å². The third-order valence-corrected chi connectivity index (χ3v) is 7.32. The second kappa shape index (κ2) is 11.2. The van der Waals surface area contributed by atoms with Gasteiger partial charge in [0.05, 0.1) is 0 Å². The average Bonchev–Trinajstić information content (AvgIpc) is 3.01. The van der Waals surface area contributed by atoms with E-state index in [1.165, 1.54) is 6.07 Å². The van der Waals surface area contributed by atoms with Crippen LogP contribution >= 0.6 is 0 Å². The predicted molar refractivity (Wildman–Crippen MR) is 168 cm³/mol. The van der Waals surface area contributed by atoms with Crippen LogP contribution in [0, 0.1) is 5.82 Å². The van der Waals surface area contributed by atoms with Crippen molar-refractivity contribution in [3.05, 3.63) is 145 Å². The molecule has 0 atom stereocenters. The van der Waals surface area contributed by atoms with Crippen LogP contribution in [0.25, 0.3) is 55.3 Å². The standard InChI is InChI=1S/C38H30FNO/c1-25(2)40-38(41)30-23-24-31(39)37-35(29-21-13-6-14-22-29)33(27-17-9-4-10-18-27)32(26-15-7-3-8-16-26)34(36(30)37)28-19-11-5-12-20-28/h3-25H,1-2H3,(H,40,41). The number of amides is 1. The molecule has 1 amide bonds. The molecule has 0 aliphatic rings. The zero-order valence-corrected chi connectivity index (χ0v) is 23.1. The normalized spacial score (nSPS) is 11.1. The lowest BCUT2D eigenvalue weighted by molar-refractivity contribution is 0.0945. The molecule has 2 nitrogen and oxygen atoms in total. The van der Waals surface area contributed by atoms with Crippen LogP contribution in [-0.4, -0.2) is 11.9 Å². The van der Waals surface area contributed by atoms with Crippen LogP contribution in [-0.2, 0) is 0 Å². The quantitative estimate of drug-likeness (QED) is 0.226. The van der Waals surface area contributed by atoms with Crippen molar-refractivity contribution >= 4 is 16.7 Å². The summed E-state index contributed by atoms with van der Waals surface area (Å²) in [6.07, 6.45) is 0. The number of hydrogen-bond donors (Lipinski definition) is 1. The number of hydrogen-bond acceptors (Lipinski definition) is 1. The van der Waals surface area contributed by atoms with Gasteiger partial charge in [0.1, 0.15) is 5.82 Å². The molecule has 0 bridgehead atoms. The Morgan fingerprint density at radius 2 is 0.878 bits per heavy atom. The van der Waals surface area contributed by atoms with Gasteiger partial charge in [-0.15, -0.1) is 0 Å². The molecule has 6 aromatic rings. The molecular weight excluding hydrogens is 505 g/mol. The van der Waals surface area contributed by atoms with Gasteiger partial charge in [-0.3, -0.25) is 4.79 Å². The molecule has 0 saturated carbocycles. The van der Waals surface area contributed by atoms with E-state index in [1.54, 1.807) is 6.07 Å². The van der Waals surface area contributed by atoms with Crippen LogP contribution < -0.4 is 5.32 Å². The average molecular weight is 536 g/mol. The van der Waals surface area contributed by atoms with E-state index in [1.807, 2.05) is 111 Å². The van der Waals surface area contributed by atoms with E-state index in [0.717, 1.165) is 44.5 Å². The number of fused-ring (bicyclic) bond motifs is 1. The molecule has 200 valence electrons. The highest BCUT2D eigenvalue weighted by atomic mass is 19.1. The molecule has 0 unspecified atom stereocenters. The molecule has 6 aromatic carbocycles. The maximum absolute atomic E-state index is 16.4. The van der Waals surface area contributed by atoms with Crippen LogP contribution in [0.15, 0.2) is 133 Å². The fraction of sp³-hybridized carbons (Fsp3) is 0.0789. The van der Waals surface area contributed by atoms with Crippen molar-refractivity contribution in [2.24, 2.45) is 0 Å². The van der Waals surface area contributed by atoms with E-state index in [0.29, 0.717) is 16.3 Å². The molecule has 41 heavy (non-hydrogen) atoms. The smallest absolute Gasteiger partial charge is 0.252 e. The summed E-state index contributed by atoms with van der Waals surface area (Å²) >= 11 is 0. The first kappa shape index (κ1) is 26.2. The maximum Gasteiger partial charge on any atom is 0.252 e. The van der Waals surface area contributed by atoms with Crippen molar-refractivity contribution in [2.75, 3.05) is 0 Å². The zero-order chi connectivity index (χ0) is 28.3. The summed E-state index contributed by atoms with van der Waals surface area (Å²) in [5, 5.41) is 4.09. The van der Waals surface area contributed by atoms with Crippen LogP contribution in [0.3, 0.4) is 0 Å². The number of carbonyl (C=O) groups excluding carboxylic acids is 1. The van der Waals surface area contributed by atoms with Gasteiger partial charge >= 0.3 is 0 Å². The first-order chi connectivity index (χ1) is 20.0. The highest BCUT2D eigenvalue weighted by molar-refractivity contribution is 6.23. The Bertz CT molecular complexity index is 1830. The number of rotatable bonds is 6. The summed E-state index contributed by atoms with van der Waals surface area (Å²) < 4.78 is 16.4.